The van der Waals surface area contributed by atoms with Gasteiger partial charge in [0.2, 0.25) is 11.8 Å². The maximum Gasteiger partial charge on any atom is 0.242 e. The minimum Gasteiger partial charge on any atom is -0.497 e. The van der Waals surface area contributed by atoms with Gasteiger partial charge in [-0.15, -0.1) is 0 Å². The molecule has 5 nitrogen and oxygen atoms in total. The van der Waals surface area contributed by atoms with Gasteiger partial charge in [-0.05, 0) is 37.0 Å². The first kappa shape index (κ1) is 18.3. The van der Waals surface area contributed by atoms with E-state index in [1.54, 1.807) is 12.0 Å². The van der Waals surface area contributed by atoms with Crippen LogP contribution in [-0.2, 0) is 16.0 Å². The van der Waals surface area contributed by atoms with Crippen molar-refractivity contribution < 1.29 is 14.3 Å². The molecule has 1 saturated heterocycles. The molecular weight excluding hydrogens is 304 g/mol. The average molecular weight is 332 g/mol. The molecule has 5 heteroatoms. The van der Waals surface area contributed by atoms with Gasteiger partial charge in [-0.1, -0.05) is 25.0 Å². The molecular formula is C19H28N2O3. The van der Waals surface area contributed by atoms with Gasteiger partial charge in [-0.3, -0.25) is 9.59 Å². The van der Waals surface area contributed by atoms with Crippen molar-refractivity contribution in [2.45, 2.75) is 39.0 Å². The molecule has 0 unspecified atom stereocenters. The highest BCUT2D eigenvalue weighted by molar-refractivity contribution is 5.83. The van der Waals surface area contributed by atoms with E-state index in [0.29, 0.717) is 13.0 Å². The number of ether oxygens (including phenoxy) is 1. The SMILES string of the molecule is COc1cccc(CCN(CC(=O)N2CCCCCC2)C(C)=O)c1. The van der Waals surface area contributed by atoms with Crippen LogP contribution < -0.4 is 4.74 Å². The van der Waals surface area contributed by atoms with E-state index in [9.17, 15) is 9.59 Å². The second-order valence-corrected chi connectivity index (χ2v) is 6.34. The summed E-state index contributed by atoms with van der Waals surface area (Å²) in [6.07, 6.45) is 5.22. The third-order valence-electron chi connectivity index (χ3n) is 4.53. The summed E-state index contributed by atoms with van der Waals surface area (Å²) in [5.74, 6) is 0.821. The molecule has 0 bridgehead atoms. The summed E-state index contributed by atoms with van der Waals surface area (Å²) in [4.78, 5) is 28.0. The maximum atomic E-state index is 12.5. The molecule has 2 rings (SSSR count). The topological polar surface area (TPSA) is 49.9 Å². The number of carbonyl (C=O) groups is 2. The van der Waals surface area contributed by atoms with Gasteiger partial charge in [0.15, 0.2) is 0 Å². The van der Waals surface area contributed by atoms with E-state index in [0.717, 1.165) is 37.2 Å². The van der Waals surface area contributed by atoms with E-state index in [1.807, 2.05) is 29.2 Å². The van der Waals surface area contributed by atoms with Crippen LogP contribution in [0.5, 0.6) is 5.75 Å². The quantitative estimate of drug-likeness (QED) is 0.804. The maximum absolute atomic E-state index is 12.5. The first-order chi connectivity index (χ1) is 11.6. The number of amides is 2. The van der Waals surface area contributed by atoms with Crippen molar-refractivity contribution in [3.63, 3.8) is 0 Å². The Hall–Kier alpha value is -2.04. The first-order valence-electron chi connectivity index (χ1n) is 8.76. The molecule has 2 amide bonds. The summed E-state index contributed by atoms with van der Waals surface area (Å²) >= 11 is 0. The van der Waals surface area contributed by atoms with Crippen LogP contribution in [0, 0.1) is 0 Å². The summed E-state index contributed by atoms with van der Waals surface area (Å²) in [5.41, 5.74) is 1.10. The largest absolute Gasteiger partial charge is 0.497 e. The minimum absolute atomic E-state index is 0.0546. The molecule has 1 aliphatic rings. The lowest BCUT2D eigenvalue weighted by molar-refractivity contribution is -0.139. The van der Waals surface area contributed by atoms with Crippen molar-refractivity contribution in [2.24, 2.45) is 0 Å². The Kier molecular flexibility index (Phi) is 7.09. The highest BCUT2D eigenvalue weighted by atomic mass is 16.5. The first-order valence-corrected chi connectivity index (χ1v) is 8.76. The number of benzene rings is 1. The highest BCUT2D eigenvalue weighted by Crippen LogP contribution is 2.14. The standard InChI is InChI=1S/C19H28N2O3/c1-16(22)21(13-10-17-8-7-9-18(14-17)24-2)15-19(23)20-11-5-3-4-6-12-20/h7-9,14H,3-6,10-13,15H2,1-2H3. The summed E-state index contributed by atoms with van der Waals surface area (Å²) in [6, 6.07) is 7.82. The van der Waals surface area contributed by atoms with Gasteiger partial charge in [0.1, 0.15) is 5.75 Å². The molecule has 0 radical (unpaired) electrons. The fourth-order valence-corrected chi connectivity index (χ4v) is 3.02. The van der Waals surface area contributed by atoms with Gasteiger partial charge < -0.3 is 14.5 Å². The van der Waals surface area contributed by atoms with E-state index in [2.05, 4.69) is 0 Å². The summed E-state index contributed by atoms with van der Waals surface area (Å²) in [5, 5.41) is 0. The molecule has 0 atom stereocenters. The summed E-state index contributed by atoms with van der Waals surface area (Å²) in [7, 11) is 1.64. The van der Waals surface area contributed by atoms with E-state index in [1.165, 1.54) is 19.8 Å². The molecule has 0 aliphatic carbocycles. The Morgan fingerprint density at radius 2 is 1.88 bits per heavy atom. The van der Waals surface area contributed by atoms with Gasteiger partial charge in [-0.2, -0.15) is 0 Å². The van der Waals surface area contributed by atoms with Crippen LogP contribution in [0.3, 0.4) is 0 Å². The second kappa shape index (κ2) is 9.30. The molecule has 0 spiro atoms. The van der Waals surface area contributed by atoms with Crippen molar-refractivity contribution in [1.29, 1.82) is 0 Å². The predicted molar refractivity (Wildman–Crippen MR) is 94.0 cm³/mol. The molecule has 1 fully saturated rings. The number of nitrogens with zero attached hydrogens (tertiary/aromatic N) is 2. The molecule has 1 aliphatic heterocycles. The summed E-state index contributed by atoms with van der Waals surface area (Å²) < 4.78 is 5.22. The molecule has 0 N–H and O–H groups in total. The van der Waals surface area contributed by atoms with Gasteiger partial charge in [0, 0.05) is 26.6 Å². The Morgan fingerprint density at radius 3 is 2.50 bits per heavy atom. The third kappa shape index (κ3) is 5.55. The van der Waals surface area contributed by atoms with Crippen LogP contribution in [0.15, 0.2) is 24.3 Å². The van der Waals surface area contributed by atoms with Gasteiger partial charge in [0.05, 0.1) is 13.7 Å². The Balaban J connectivity index is 1.91. The molecule has 1 heterocycles. The van der Waals surface area contributed by atoms with Gasteiger partial charge >= 0.3 is 0 Å². The number of likely N-dealkylation sites (tertiary alicyclic amines) is 1. The van der Waals surface area contributed by atoms with Crippen LogP contribution >= 0.6 is 0 Å². The number of hydrogen-bond donors (Lipinski definition) is 0. The number of carbonyl (C=O) groups excluding carboxylic acids is 2. The van der Waals surface area contributed by atoms with E-state index < -0.39 is 0 Å². The van der Waals surface area contributed by atoms with Crippen LogP contribution in [0.1, 0.15) is 38.2 Å². The second-order valence-electron chi connectivity index (χ2n) is 6.34. The Labute approximate surface area is 144 Å². The van der Waals surface area contributed by atoms with Crippen LogP contribution in [0.25, 0.3) is 0 Å². The summed E-state index contributed by atoms with van der Waals surface area (Å²) in [6.45, 7) is 3.89. The molecule has 0 aromatic heterocycles. The molecule has 132 valence electrons. The van der Waals surface area contributed by atoms with E-state index in [4.69, 9.17) is 4.74 Å². The zero-order valence-corrected chi connectivity index (χ0v) is 14.8. The van der Waals surface area contributed by atoms with Crippen molar-refractivity contribution in [3.8, 4) is 5.75 Å². The van der Waals surface area contributed by atoms with Gasteiger partial charge in [-0.25, -0.2) is 0 Å². The van der Waals surface area contributed by atoms with Crippen molar-refractivity contribution in [1.82, 2.24) is 9.80 Å². The highest BCUT2D eigenvalue weighted by Gasteiger charge is 2.20. The number of hydrogen-bond acceptors (Lipinski definition) is 3. The normalized spacial score (nSPS) is 14.8. The Morgan fingerprint density at radius 1 is 1.17 bits per heavy atom. The van der Waals surface area contributed by atoms with Crippen LogP contribution in [-0.4, -0.2) is 54.9 Å². The lowest BCUT2D eigenvalue weighted by Crippen LogP contribution is -2.43. The lowest BCUT2D eigenvalue weighted by Gasteiger charge is -2.26. The fraction of sp³-hybridized carbons (Fsp3) is 0.579. The smallest absolute Gasteiger partial charge is 0.242 e. The van der Waals surface area contributed by atoms with E-state index in [-0.39, 0.29) is 18.4 Å². The zero-order valence-electron chi connectivity index (χ0n) is 14.8. The third-order valence-corrected chi connectivity index (χ3v) is 4.53. The van der Waals surface area contributed by atoms with Crippen LogP contribution in [0.4, 0.5) is 0 Å². The van der Waals surface area contributed by atoms with Crippen molar-refractivity contribution in [2.75, 3.05) is 33.3 Å². The molecule has 1 aromatic carbocycles. The molecule has 1 aromatic rings. The minimum atomic E-state index is -0.0546. The van der Waals surface area contributed by atoms with Crippen LogP contribution in [0.2, 0.25) is 0 Å². The van der Waals surface area contributed by atoms with E-state index >= 15 is 0 Å². The number of methoxy groups -OCH3 is 1. The fourth-order valence-electron chi connectivity index (χ4n) is 3.02. The average Bonchev–Trinajstić information content (AvgIpc) is 2.87. The lowest BCUT2D eigenvalue weighted by atomic mass is 10.1. The molecule has 0 saturated carbocycles. The zero-order chi connectivity index (χ0) is 17.4. The predicted octanol–water partition coefficient (Wildman–Crippen LogP) is 2.49. The van der Waals surface area contributed by atoms with Gasteiger partial charge in [0.25, 0.3) is 0 Å². The van der Waals surface area contributed by atoms with Crippen molar-refractivity contribution in [3.05, 3.63) is 29.8 Å². The van der Waals surface area contributed by atoms with Crippen molar-refractivity contribution >= 4 is 11.8 Å². The number of rotatable bonds is 6. The Bertz CT molecular complexity index is 551. The molecule has 24 heavy (non-hydrogen) atoms. The monoisotopic (exact) mass is 332 g/mol.